The Kier molecular flexibility index (Phi) is 5.58. The van der Waals surface area contributed by atoms with Crippen LogP contribution in [0.1, 0.15) is 42.6 Å². The van der Waals surface area contributed by atoms with Crippen molar-refractivity contribution in [2.45, 2.75) is 33.6 Å². The van der Waals surface area contributed by atoms with Crippen molar-refractivity contribution < 1.29 is 9.59 Å². The summed E-state index contributed by atoms with van der Waals surface area (Å²) in [6.45, 7) is 8.62. The lowest BCUT2D eigenvalue weighted by Crippen LogP contribution is -2.52. The van der Waals surface area contributed by atoms with Crippen LogP contribution in [0.2, 0.25) is 0 Å². The number of aryl methyl sites for hydroxylation is 1. The topological polar surface area (TPSA) is 40.6 Å². The molecule has 22 heavy (non-hydrogen) atoms. The summed E-state index contributed by atoms with van der Waals surface area (Å²) in [7, 11) is 0. The van der Waals surface area contributed by atoms with Crippen LogP contribution in [0.5, 0.6) is 0 Å². The first-order valence-corrected chi connectivity index (χ1v) is 8.22. The third-order valence-electron chi connectivity index (χ3n) is 4.59. The molecular formula is C18H26N2O2. The Morgan fingerprint density at radius 2 is 1.55 bits per heavy atom. The number of amides is 2. The molecule has 0 bridgehead atoms. The average molecular weight is 302 g/mol. The monoisotopic (exact) mass is 302 g/mol. The van der Waals surface area contributed by atoms with Gasteiger partial charge in [-0.1, -0.05) is 32.0 Å². The minimum absolute atomic E-state index is 0.0766. The fourth-order valence-corrected chi connectivity index (χ4v) is 3.01. The maximum atomic E-state index is 12.6. The second kappa shape index (κ2) is 7.43. The van der Waals surface area contributed by atoms with E-state index in [0.29, 0.717) is 26.2 Å². The van der Waals surface area contributed by atoms with E-state index in [2.05, 4.69) is 13.8 Å². The van der Waals surface area contributed by atoms with E-state index >= 15 is 0 Å². The van der Waals surface area contributed by atoms with Gasteiger partial charge in [-0.25, -0.2) is 0 Å². The number of carbonyl (C=O) groups is 2. The number of piperazine rings is 1. The molecule has 4 nitrogen and oxygen atoms in total. The van der Waals surface area contributed by atoms with E-state index in [1.54, 1.807) is 0 Å². The first-order chi connectivity index (χ1) is 10.6. The van der Waals surface area contributed by atoms with E-state index in [0.717, 1.165) is 24.0 Å². The maximum absolute atomic E-state index is 12.6. The summed E-state index contributed by atoms with van der Waals surface area (Å²) in [5.74, 6) is 0.444. The zero-order chi connectivity index (χ0) is 16.1. The van der Waals surface area contributed by atoms with Gasteiger partial charge in [0.1, 0.15) is 0 Å². The molecular weight excluding hydrogens is 276 g/mol. The normalized spacial score (nSPS) is 15.3. The summed E-state index contributed by atoms with van der Waals surface area (Å²) < 4.78 is 0. The summed E-state index contributed by atoms with van der Waals surface area (Å²) >= 11 is 0. The fourth-order valence-electron chi connectivity index (χ4n) is 3.01. The van der Waals surface area contributed by atoms with Crippen LogP contribution in [0.4, 0.5) is 0 Å². The Labute approximate surface area is 133 Å². The van der Waals surface area contributed by atoms with E-state index < -0.39 is 0 Å². The number of rotatable bonds is 4. The molecule has 2 amide bonds. The molecule has 1 saturated heterocycles. The fraction of sp³-hybridized carbons (Fsp3) is 0.556. The van der Waals surface area contributed by atoms with Gasteiger partial charge >= 0.3 is 0 Å². The lowest BCUT2D eigenvalue weighted by molar-refractivity contribution is -0.137. The van der Waals surface area contributed by atoms with Gasteiger partial charge in [-0.3, -0.25) is 9.59 Å². The molecule has 1 aliphatic heterocycles. The predicted molar refractivity (Wildman–Crippen MR) is 87.7 cm³/mol. The molecule has 0 atom stereocenters. The van der Waals surface area contributed by atoms with Gasteiger partial charge in [0.15, 0.2) is 0 Å². The SMILES string of the molecule is CCC(CC)C(=O)N1CCN(C(=O)c2ccccc2C)CC1. The summed E-state index contributed by atoms with van der Waals surface area (Å²) in [5, 5.41) is 0. The van der Waals surface area contributed by atoms with E-state index in [9.17, 15) is 9.59 Å². The van der Waals surface area contributed by atoms with Crippen LogP contribution in [0.25, 0.3) is 0 Å². The van der Waals surface area contributed by atoms with Crippen LogP contribution < -0.4 is 0 Å². The Bertz CT molecular complexity index is 530. The summed E-state index contributed by atoms with van der Waals surface area (Å²) in [6, 6.07) is 7.67. The highest BCUT2D eigenvalue weighted by Crippen LogP contribution is 2.16. The van der Waals surface area contributed by atoms with Gasteiger partial charge in [-0.15, -0.1) is 0 Å². The van der Waals surface area contributed by atoms with Gasteiger partial charge in [-0.2, -0.15) is 0 Å². The molecule has 1 heterocycles. The highest BCUT2D eigenvalue weighted by molar-refractivity contribution is 5.95. The third-order valence-corrected chi connectivity index (χ3v) is 4.59. The molecule has 1 aromatic carbocycles. The summed E-state index contributed by atoms with van der Waals surface area (Å²) in [5.41, 5.74) is 1.77. The lowest BCUT2D eigenvalue weighted by atomic mass is 10.0. The number of hydrogen-bond acceptors (Lipinski definition) is 2. The molecule has 0 saturated carbocycles. The van der Waals surface area contributed by atoms with Crippen molar-refractivity contribution in [2.24, 2.45) is 5.92 Å². The Morgan fingerprint density at radius 3 is 2.09 bits per heavy atom. The first-order valence-electron chi connectivity index (χ1n) is 8.22. The van der Waals surface area contributed by atoms with Crippen molar-refractivity contribution in [1.29, 1.82) is 0 Å². The van der Waals surface area contributed by atoms with E-state index in [1.165, 1.54) is 0 Å². The molecule has 0 unspecified atom stereocenters. The highest BCUT2D eigenvalue weighted by Gasteiger charge is 2.28. The smallest absolute Gasteiger partial charge is 0.254 e. The van der Waals surface area contributed by atoms with Crippen LogP contribution in [-0.2, 0) is 4.79 Å². The molecule has 0 N–H and O–H groups in total. The van der Waals surface area contributed by atoms with Crippen molar-refractivity contribution in [3.63, 3.8) is 0 Å². The van der Waals surface area contributed by atoms with Gasteiger partial charge in [0.05, 0.1) is 0 Å². The van der Waals surface area contributed by atoms with Crippen LogP contribution in [-0.4, -0.2) is 47.8 Å². The second-order valence-electron chi connectivity index (χ2n) is 5.95. The number of hydrogen-bond donors (Lipinski definition) is 0. The van der Waals surface area contributed by atoms with Gasteiger partial charge in [0, 0.05) is 37.7 Å². The van der Waals surface area contributed by atoms with Gasteiger partial charge in [-0.05, 0) is 31.4 Å². The third kappa shape index (κ3) is 3.49. The molecule has 4 heteroatoms. The van der Waals surface area contributed by atoms with Crippen molar-refractivity contribution in [2.75, 3.05) is 26.2 Å². The molecule has 0 spiro atoms. The second-order valence-corrected chi connectivity index (χ2v) is 5.95. The van der Waals surface area contributed by atoms with Crippen LogP contribution >= 0.6 is 0 Å². The van der Waals surface area contributed by atoms with Crippen LogP contribution in [0, 0.1) is 12.8 Å². The zero-order valence-electron chi connectivity index (χ0n) is 13.8. The predicted octanol–water partition coefficient (Wildman–Crippen LogP) is 2.72. The van der Waals surface area contributed by atoms with E-state index in [4.69, 9.17) is 0 Å². The summed E-state index contributed by atoms with van der Waals surface area (Å²) in [6.07, 6.45) is 1.77. The van der Waals surface area contributed by atoms with Gasteiger partial charge in [0.2, 0.25) is 5.91 Å². The van der Waals surface area contributed by atoms with Crippen molar-refractivity contribution in [1.82, 2.24) is 9.80 Å². The largest absolute Gasteiger partial charge is 0.339 e. The van der Waals surface area contributed by atoms with Crippen molar-refractivity contribution in [3.8, 4) is 0 Å². The van der Waals surface area contributed by atoms with E-state index in [1.807, 2.05) is 41.0 Å². The van der Waals surface area contributed by atoms with E-state index in [-0.39, 0.29) is 17.7 Å². The minimum Gasteiger partial charge on any atom is -0.339 e. The number of benzene rings is 1. The lowest BCUT2D eigenvalue weighted by Gasteiger charge is -2.36. The Balaban J connectivity index is 1.96. The average Bonchev–Trinajstić information content (AvgIpc) is 2.56. The van der Waals surface area contributed by atoms with Crippen molar-refractivity contribution in [3.05, 3.63) is 35.4 Å². The first kappa shape index (κ1) is 16.5. The van der Waals surface area contributed by atoms with Crippen LogP contribution in [0.15, 0.2) is 24.3 Å². The molecule has 120 valence electrons. The van der Waals surface area contributed by atoms with Gasteiger partial charge in [0.25, 0.3) is 5.91 Å². The highest BCUT2D eigenvalue weighted by atomic mass is 16.2. The Morgan fingerprint density at radius 1 is 1.00 bits per heavy atom. The number of nitrogens with zero attached hydrogens (tertiary/aromatic N) is 2. The minimum atomic E-state index is 0.0766. The molecule has 0 aromatic heterocycles. The number of carbonyl (C=O) groups excluding carboxylic acids is 2. The standard InChI is InChI=1S/C18H26N2O2/c1-4-15(5-2)17(21)19-10-12-20(13-11-19)18(22)16-9-7-6-8-14(16)3/h6-9,15H,4-5,10-13H2,1-3H3. The zero-order valence-corrected chi connectivity index (χ0v) is 13.8. The molecule has 1 fully saturated rings. The summed E-state index contributed by atoms with van der Waals surface area (Å²) in [4.78, 5) is 28.7. The quantitative estimate of drug-likeness (QED) is 0.858. The molecule has 1 aromatic rings. The molecule has 2 rings (SSSR count). The van der Waals surface area contributed by atoms with Crippen molar-refractivity contribution >= 4 is 11.8 Å². The van der Waals surface area contributed by atoms with Gasteiger partial charge < -0.3 is 9.80 Å². The molecule has 0 radical (unpaired) electrons. The molecule has 0 aliphatic carbocycles. The molecule has 1 aliphatic rings. The Hall–Kier alpha value is -1.84. The maximum Gasteiger partial charge on any atom is 0.254 e. The van der Waals surface area contributed by atoms with Crippen LogP contribution in [0.3, 0.4) is 0 Å².